The Morgan fingerprint density at radius 2 is 1.05 bits per heavy atom. The molecule has 5 N–H and O–H groups in total. The summed E-state index contributed by atoms with van der Waals surface area (Å²) in [6.45, 7) is 2.82. The Hall–Kier alpha value is -7.85. The van der Waals surface area contributed by atoms with Crippen molar-refractivity contribution in [2.24, 2.45) is 0 Å². The Labute approximate surface area is 374 Å². The molecule has 0 spiro atoms. The largest absolute Gasteiger partial charge is 0.367 e. The summed E-state index contributed by atoms with van der Waals surface area (Å²) in [5.74, 6) is 1.28. The summed E-state index contributed by atoms with van der Waals surface area (Å²) < 4.78 is 29.6. The number of nitrogens with one attached hydrogen (secondary N) is 5. The van der Waals surface area contributed by atoms with Crippen LogP contribution in [-0.4, -0.2) is 73.9 Å². The number of imidazole rings is 2. The molecule has 15 nitrogen and oxygen atoms in total. The molecule has 326 valence electrons. The van der Waals surface area contributed by atoms with Crippen molar-refractivity contribution >= 4 is 78.2 Å². The summed E-state index contributed by atoms with van der Waals surface area (Å²) >= 11 is 0. The highest BCUT2D eigenvalue weighted by molar-refractivity contribution is 7.92. The van der Waals surface area contributed by atoms with Crippen molar-refractivity contribution in [3.05, 3.63) is 145 Å². The second-order valence-corrected chi connectivity index (χ2v) is 18.0. The van der Waals surface area contributed by atoms with Crippen LogP contribution in [0.2, 0.25) is 0 Å². The van der Waals surface area contributed by atoms with Crippen molar-refractivity contribution in [2.75, 3.05) is 28.2 Å². The Balaban J connectivity index is 0.000000159. The van der Waals surface area contributed by atoms with Crippen LogP contribution in [0.3, 0.4) is 0 Å². The van der Waals surface area contributed by atoms with E-state index in [0.717, 1.165) is 100 Å². The highest BCUT2D eigenvalue weighted by Gasteiger charge is 2.25. The Morgan fingerprint density at radius 3 is 1.51 bits per heavy atom. The van der Waals surface area contributed by atoms with Crippen molar-refractivity contribution < 1.29 is 18.0 Å². The summed E-state index contributed by atoms with van der Waals surface area (Å²) in [5, 5.41) is 12.7. The highest BCUT2D eigenvalue weighted by atomic mass is 32.2. The molecule has 0 aliphatic heterocycles. The van der Waals surface area contributed by atoms with Crippen LogP contribution in [0.1, 0.15) is 53.3 Å². The van der Waals surface area contributed by atoms with Crippen LogP contribution in [0.5, 0.6) is 0 Å². The number of amides is 2. The lowest BCUT2D eigenvalue weighted by molar-refractivity contribution is 0.0942. The van der Waals surface area contributed by atoms with Crippen molar-refractivity contribution in [1.29, 1.82) is 0 Å². The van der Waals surface area contributed by atoms with Gasteiger partial charge >= 0.3 is 0 Å². The van der Waals surface area contributed by atoms with Crippen molar-refractivity contribution in [2.45, 2.75) is 44.7 Å². The van der Waals surface area contributed by atoms with E-state index in [0.29, 0.717) is 40.4 Å². The van der Waals surface area contributed by atoms with E-state index in [4.69, 9.17) is 9.97 Å². The molecule has 0 bridgehead atoms. The smallest absolute Gasteiger partial charge is 0.251 e. The van der Waals surface area contributed by atoms with Gasteiger partial charge < -0.3 is 21.3 Å². The number of para-hydroxylation sites is 4. The minimum atomic E-state index is -3.35. The summed E-state index contributed by atoms with van der Waals surface area (Å²) in [5.41, 5.74) is 11.3. The van der Waals surface area contributed by atoms with Crippen LogP contribution in [0.15, 0.2) is 134 Å². The zero-order valence-corrected chi connectivity index (χ0v) is 36.4. The predicted molar refractivity (Wildman–Crippen MR) is 255 cm³/mol. The van der Waals surface area contributed by atoms with Crippen molar-refractivity contribution in [3.8, 4) is 22.5 Å². The number of carbonyl (C=O) groups is 2. The van der Waals surface area contributed by atoms with Crippen LogP contribution in [-0.2, 0) is 10.0 Å². The van der Waals surface area contributed by atoms with Crippen molar-refractivity contribution in [3.63, 3.8) is 0 Å². The maximum absolute atomic E-state index is 12.4. The fourth-order valence-electron chi connectivity index (χ4n) is 7.69. The SMILES string of the molecule is CCNc1nc2ccccc2n2c(-c3ccc(C(=O)NC4CC4)cc3)cnc12.CS(=O)(=O)Nc1ccc(Nc2nc3ccccc3n3c(-c4ccc(C(=O)NC5CC5)cc4)cnc23)cc1. The molecule has 9 aromatic rings. The molecule has 11 rings (SSSR count). The number of benzene rings is 5. The average molecular weight is 884 g/mol. The van der Waals surface area contributed by atoms with Crippen LogP contribution in [0, 0.1) is 0 Å². The number of hydrogen-bond acceptors (Lipinski definition) is 10. The molecule has 0 radical (unpaired) electrons. The third kappa shape index (κ3) is 8.88. The molecule has 4 heterocycles. The lowest BCUT2D eigenvalue weighted by atomic mass is 10.1. The number of nitrogens with zero attached hydrogens (tertiary/aromatic N) is 6. The second-order valence-electron chi connectivity index (χ2n) is 16.3. The van der Waals surface area contributed by atoms with Gasteiger partial charge in [0.05, 0.1) is 52.1 Å². The standard InChI is InChI=1S/C27H24N6O3S.C22H21N5O/c1-37(35,36)32-21-14-12-19(13-15-21)29-25-26-28-16-24(33(26)23-5-3-2-4-22(23)31-25)17-6-8-18(9-7-17)27(34)30-20-10-11-20;1-2-23-20-21-24-13-19(27(21)18-6-4-3-5-17(18)26-20)14-7-9-15(10-8-14)22(28)25-16-11-12-16/h2-9,12-16,20,32H,10-11H2,1H3,(H,29,31)(H,30,34);3-10,13,16H,2,11-12H2,1H3,(H,23,26)(H,25,28). The molecule has 0 saturated heterocycles. The van der Waals surface area contributed by atoms with Crippen molar-refractivity contribution in [1.82, 2.24) is 39.4 Å². The number of carbonyl (C=O) groups excluding carboxylic acids is 2. The average Bonchev–Trinajstić information content (AvgIpc) is 4.22. The first-order valence-corrected chi connectivity index (χ1v) is 23.4. The summed E-state index contributed by atoms with van der Waals surface area (Å²) in [7, 11) is -3.35. The molecule has 5 aromatic carbocycles. The Bertz CT molecular complexity index is 3360. The Morgan fingerprint density at radius 1 is 0.600 bits per heavy atom. The fraction of sp³-hybridized carbons (Fsp3) is 0.184. The number of rotatable bonds is 12. The monoisotopic (exact) mass is 883 g/mol. The first-order valence-electron chi connectivity index (χ1n) is 21.5. The van der Waals surface area contributed by atoms with E-state index in [-0.39, 0.29) is 11.8 Å². The van der Waals surface area contributed by atoms with Gasteiger partial charge in [-0.3, -0.25) is 23.1 Å². The number of sulfonamides is 1. The van der Waals surface area contributed by atoms with E-state index in [9.17, 15) is 18.0 Å². The van der Waals surface area contributed by atoms with Gasteiger partial charge in [0.25, 0.3) is 11.8 Å². The molecule has 2 fully saturated rings. The van der Waals surface area contributed by atoms with Gasteiger partial charge in [-0.2, -0.15) is 0 Å². The van der Waals surface area contributed by atoms with Gasteiger partial charge in [0.2, 0.25) is 10.0 Å². The number of hydrogen-bond donors (Lipinski definition) is 5. The molecule has 16 heteroatoms. The quantitative estimate of drug-likeness (QED) is 0.0797. The highest BCUT2D eigenvalue weighted by Crippen LogP contribution is 2.32. The fourth-order valence-corrected chi connectivity index (χ4v) is 8.25. The lowest BCUT2D eigenvalue weighted by Crippen LogP contribution is -2.25. The molecule has 2 saturated carbocycles. The lowest BCUT2D eigenvalue weighted by Gasteiger charge is -2.12. The predicted octanol–water partition coefficient (Wildman–Crippen LogP) is 8.43. The minimum absolute atomic E-state index is 0.00345. The molecule has 0 unspecified atom stereocenters. The summed E-state index contributed by atoms with van der Waals surface area (Å²) in [6, 6.07) is 38.7. The molecule has 0 atom stereocenters. The number of aromatic nitrogens is 6. The third-order valence-corrected chi connectivity index (χ3v) is 11.8. The van der Waals surface area contributed by atoms with Gasteiger partial charge in [-0.25, -0.2) is 28.4 Å². The first kappa shape index (κ1) is 41.2. The number of fused-ring (bicyclic) bond motifs is 6. The maximum Gasteiger partial charge on any atom is 0.251 e. The topological polar surface area (TPSA) is 189 Å². The normalized spacial score (nSPS) is 13.6. The van der Waals surface area contributed by atoms with Gasteiger partial charge in [-0.15, -0.1) is 0 Å². The van der Waals surface area contributed by atoms with Gasteiger partial charge in [0, 0.05) is 52.3 Å². The van der Waals surface area contributed by atoms with E-state index in [2.05, 4.69) is 40.4 Å². The molecule has 2 aliphatic carbocycles. The zero-order valence-electron chi connectivity index (χ0n) is 35.6. The van der Waals surface area contributed by atoms with Gasteiger partial charge in [-0.1, -0.05) is 48.5 Å². The van der Waals surface area contributed by atoms with Crippen LogP contribution in [0.4, 0.5) is 23.0 Å². The van der Waals surface area contributed by atoms with E-state index in [1.807, 2.05) is 115 Å². The molecule has 2 amide bonds. The zero-order chi connectivity index (χ0) is 44.7. The molecule has 65 heavy (non-hydrogen) atoms. The van der Waals surface area contributed by atoms with Gasteiger partial charge in [0.1, 0.15) is 0 Å². The maximum atomic E-state index is 12.4. The Kier molecular flexibility index (Phi) is 10.8. The van der Waals surface area contributed by atoms with E-state index in [1.54, 1.807) is 30.5 Å². The van der Waals surface area contributed by atoms with E-state index in [1.165, 1.54) is 0 Å². The second kappa shape index (κ2) is 17.0. The van der Waals surface area contributed by atoms with Crippen LogP contribution >= 0.6 is 0 Å². The van der Waals surface area contributed by atoms with Crippen LogP contribution < -0.4 is 26.0 Å². The van der Waals surface area contributed by atoms with Gasteiger partial charge in [-0.05, 0) is 105 Å². The molecular weight excluding hydrogens is 839 g/mol. The van der Waals surface area contributed by atoms with E-state index >= 15 is 0 Å². The first-order chi connectivity index (χ1) is 31.6. The third-order valence-electron chi connectivity index (χ3n) is 11.2. The minimum Gasteiger partial charge on any atom is -0.367 e. The van der Waals surface area contributed by atoms with Gasteiger partial charge in [0.15, 0.2) is 22.9 Å². The van der Waals surface area contributed by atoms with Crippen LogP contribution in [0.25, 0.3) is 55.9 Å². The van der Waals surface area contributed by atoms with E-state index < -0.39 is 10.0 Å². The summed E-state index contributed by atoms with van der Waals surface area (Å²) in [4.78, 5) is 43.5. The summed E-state index contributed by atoms with van der Waals surface area (Å²) in [6.07, 6.45) is 9.04. The molecule has 2 aliphatic rings. The number of anilines is 4. The molecular formula is C49H45N11O4S. The molecule has 4 aromatic heterocycles.